The Labute approximate surface area is 257 Å². The van der Waals surface area contributed by atoms with E-state index in [0.29, 0.717) is 5.56 Å². The predicted octanol–water partition coefficient (Wildman–Crippen LogP) is 2.81. The van der Waals surface area contributed by atoms with Crippen LogP contribution in [0.5, 0.6) is 5.75 Å². The van der Waals surface area contributed by atoms with Crippen LogP contribution < -0.4 is 5.32 Å². The number of phenolic OH excluding ortho intramolecular Hbond substituents is 1. The second-order valence-corrected chi connectivity index (χ2v) is 10.8. The van der Waals surface area contributed by atoms with Gasteiger partial charge in [0.2, 0.25) is 0 Å². The number of amides is 2. The van der Waals surface area contributed by atoms with E-state index in [4.69, 9.17) is 4.74 Å². The minimum absolute atomic E-state index is 0. The third-order valence-electron chi connectivity index (χ3n) is 6.19. The minimum atomic E-state index is -1.63. The van der Waals surface area contributed by atoms with E-state index >= 15 is 0 Å². The Bertz CT molecular complexity index is 1130. The van der Waals surface area contributed by atoms with Crippen molar-refractivity contribution in [2.24, 2.45) is 0 Å². The third-order valence-corrected chi connectivity index (χ3v) is 7.57. The van der Waals surface area contributed by atoms with Gasteiger partial charge in [0.05, 0.1) is 11.9 Å². The Morgan fingerprint density at radius 2 is 1.89 bits per heavy atom. The van der Waals surface area contributed by atoms with E-state index in [2.05, 4.69) is 11.9 Å². The number of hydrogen-bond donors (Lipinski definition) is 3. The van der Waals surface area contributed by atoms with E-state index in [1.54, 1.807) is 19.1 Å². The Morgan fingerprint density at radius 1 is 1.22 bits per heavy atom. The van der Waals surface area contributed by atoms with Gasteiger partial charge in [-0.2, -0.15) is 0 Å². The molecule has 2 aromatic carbocycles. The molecule has 1 radical (unpaired) electrons. The predicted molar refractivity (Wildman–Crippen MR) is 139 cm³/mol. The fourth-order valence-corrected chi connectivity index (χ4v) is 5.28. The van der Waals surface area contributed by atoms with Crippen molar-refractivity contribution in [1.29, 1.82) is 0 Å². The third kappa shape index (κ3) is 7.60. The molecule has 3 N–H and O–H groups in total. The van der Waals surface area contributed by atoms with Crippen molar-refractivity contribution in [3.63, 3.8) is 0 Å². The summed E-state index contributed by atoms with van der Waals surface area (Å²) in [5.41, 5.74) is 1.42. The molecule has 10 heteroatoms. The molecule has 1 aliphatic rings. The number of nitrogens with zero attached hydrogens (tertiary/aromatic N) is 1. The topological polar surface area (TPSA) is 116 Å². The van der Waals surface area contributed by atoms with Crippen LogP contribution in [-0.2, 0) is 20.7 Å². The van der Waals surface area contributed by atoms with Crippen LogP contribution in [0.15, 0.2) is 61.2 Å². The molecule has 1 fully saturated rings. The molecule has 0 aromatic heterocycles. The number of esters is 1. The number of benzene rings is 2. The maximum atomic E-state index is 13.5. The smallest absolute Gasteiger partial charge is 0.330 e. The second-order valence-electron chi connectivity index (χ2n) is 9.17. The van der Waals surface area contributed by atoms with Crippen LogP contribution in [0.25, 0.3) is 0 Å². The number of nitrogens with one attached hydrogen (secondary N) is 1. The van der Waals surface area contributed by atoms with Gasteiger partial charge in [0.25, 0.3) is 11.8 Å². The average Bonchev–Trinajstić information content (AvgIpc) is 3.18. The van der Waals surface area contributed by atoms with Crippen molar-refractivity contribution >= 4 is 29.5 Å². The summed E-state index contributed by atoms with van der Waals surface area (Å²) in [5.74, 6) is -1.63. The fraction of sp³-hybridized carbons (Fsp3) is 0.370. The first-order chi connectivity index (χ1) is 17.1. The van der Waals surface area contributed by atoms with Gasteiger partial charge < -0.3 is 25.2 Å². The van der Waals surface area contributed by atoms with Gasteiger partial charge in [-0.15, -0.1) is 11.8 Å². The molecule has 0 spiro atoms. The molecule has 3 atom stereocenters. The number of rotatable bonds is 9. The van der Waals surface area contributed by atoms with E-state index in [1.807, 2.05) is 44.2 Å². The van der Waals surface area contributed by atoms with Crippen LogP contribution in [0.2, 0.25) is 0 Å². The summed E-state index contributed by atoms with van der Waals surface area (Å²) < 4.78 is 4.60. The molecule has 2 aromatic rings. The number of hydrogen-bond acceptors (Lipinski definition) is 7. The maximum absolute atomic E-state index is 13.5. The summed E-state index contributed by atoms with van der Waals surface area (Å²) in [4.78, 5) is 40.8. The summed E-state index contributed by atoms with van der Waals surface area (Å²) in [6.07, 6.45) is -0.00760. The van der Waals surface area contributed by atoms with Crippen molar-refractivity contribution in [1.82, 2.24) is 10.2 Å². The molecular weight excluding hydrogens is 707 g/mol. The van der Waals surface area contributed by atoms with Crippen LogP contribution >= 0.6 is 11.8 Å². The van der Waals surface area contributed by atoms with E-state index < -0.39 is 40.7 Å². The van der Waals surface area contributed by atoms with Gasteiger partial charge in [0.1, 0.15) is 18.4 Å². The van der Waals surface area contributed by atoms with Gasteiger partial charge in [-0.05, 0) is 44.9 Å². The van der Waals surface area contributed by atoms with Gasteiger partial charge in [0.15, 0.2) is 6.10 Å². The van der Waals surface area contributed by atoms with E-state index in [1.165, 1.54) is 28.8 Å². The number of aliphatic hydroxyl groups excluding tert-OH is 1. The first-order valence-electron chi connectivity index (χ1n) is 11.6. The first-order valence-corrected chi connectivity index (χ1v) is 12.6. The van der Waals surface area contributed by atoms with Gasteiger partial charge in [-0.1, -0.05) is 49.1 Å². The molecule has 0 saturated carbocycles. The largest absolute Gasteiger partial charge is 0.508 e. The van der Waals surface area contributed by atoms with E-state index in [9.17, 15) is 24.6 Å². The zero-order valence-electron chi connectivity index (χ0n) is 21.2. The Balaban J connectivity index is 0.00000481. The molecule has 195 valence electrons. The maximum Gasteiger partial charge on any atom is 0.330 e. The van der Waals surface area contributed by atoms with Crippen molar-refractivity contribution < 1.29 is 73.4 Å². The minimum Gasteiger partial charge on any atom is -0.508 e. The molecular formula is C27H32AcN2O6S. The van der Waals surface area contributed by atoms with Crippen LogP contribution in [0.4, 0.5) is 0 Å². The SMILES string of the molecule is C=CCOC(=O)C1N(C(=O)[C@@H](O)[C@H](Cc2ccccc2)NC(=O)c2cccc(O)c2C)CSC1(C)C.[Ac]. The number of phenols is 1. The molecule has 0 aliphatic carbocycles. The molecule has 37 heavy (non-hydrogen) atoms. The van der Waals surface area contributed by atoms with Gasteiger partial charge in [-0.3, -0.25) is 9.59 Å². The quantitative estimate of drug-likeness (QED) is 0.268. The van der Waals surface area contributed by atoms with Crippen LogP contribution in [0.3, 0.4) is 0 Å². The fourth-order valence-electron chi connectivity index (χ4n) is 4.15. The molecule has 8 nitrogen and oxygen atoms in total. The molecule has 1 unspecified atom stereocenters. The molecule has 1 saturated heterocycles. The standard InChI is InChI=1S/C27H32N2O6S.Ac/c1-5-14-35-26(34)23-27(3,4)36-16-29(23)25(33)22(31)20(15-18-10-7-6-8-11-18)28-24(32)19-12-9-13-21(30)17(19)2;/h5-13,20,22-23,30-31H,1,14-16H2,2-4H3,(H,28,32);/t20-,22-,23?;/m0./s1. The number of carbonyl (C=O) groups excluding carboxylic acids is 3. The second kappa shape index (κ2) is 13.8. The van der Waals surface area contributed by atoms with Gasteiger partial charge in [0, 0.05) is 59.9 Å². The first kappa shape index (κ1) is 31.4. The summed E-state index contributed by atoms with van der Waals surface area (Å²) in [6, 6.07) is 11.8. The monoisotopic (exact) mass is 739 g/mol. The van der Waals surface area contributed by atoms with Crippen LogP contribution in [0.1, 0.15) is 35.3 Å². The summed E-state index contributed by atoms with van der Waals surface area (Å²) in [6.45, 7) is 8.85. The van der Waals surface area contributed by atoms with Crippen molar-refractivity contribution in [2.75, 3.05) is 12.5 Å². The van der Waals surface area contributed by atoms with Crippen LogP contribution in [0, 0.1) is 51.0 Å². The Kier molecular flexibility index (Phi) is 11.7. The molecule has 1 aliphatic heterocycles. The van der Waals surface area contributed by atoms with E-state index in [-0.39, 0.29) is 74.3 Å². The molecule has 2 amide bonds. The van der Waals surface area contributed by atoms with Crippen molar-refractivity contribution in [2.45, 2.75) is 50.1 Å². The van der Waals surface area contributed by atoms with Gasteiger partial charge >= 0.3 is 5.97 Å². The van der Waals surface area contributed by atoms with Crippen molar-refractivity contribution in [3.05, 3.63) is 77.9 Å². The number of thioether (sulfide) groups is 1. The summed E-state index contributed by atoms with van der Waals surface area (Å²) >= 11 is 1.41. The number of aromatic hydroxyl groups is 1. The van der Waals surface area contributed by atoms with E-state index in [0.717, 1.165) is 5.56 Å². The zero-order chi connectivity index (χ0) is 26.5. The number of ether oxygens (including phenoxy) is 1. The Morgan fingerprint density at radius 3 is 2.54 bits per heavy atom. The summed E-state index contributed by atoms with van der Waals surface area (Å²) in [5, 5.41) is 24.0. The van der Waals surface area contributed by atoms with Crippen molar-refractivity contribution in [3.8, 4) is 5.75 Å². The normalized spacial score (nSPS) is 17.7. The molecule has 3 rings (SSSR count). The molecule has 1 heterocycles. The Hall–Kier alpha value is -1.86. The average molecular weight is 740 g/mol. The summed E-state index contributed by atoms with van der Waals surface area (Å²) in [7, 11) is 0. The zero-order valence-corrected chi connectivity index (χ0v) is 26.8. The number of carbonyl (C=O) groups is 3. The van der Waals surface area contributed by atoms with Crippen LogP contribution in [-0.4, -0.2) is 68.3 Å². The molecule has 0 bridgehead atoms. The van der Waals surface area contributed by atoms with Gasteiger partial charge in [-0.25, -0.2) is 4.79 Å². The number of aliphatic hydroxyl groups is 1.